The molecule has 10 heteroatoms. The molecule has 3 rings (SSSR count). The SMILES string of the molecule is Fc1ccc(C(OCCN2CCCCC2)c2ccccc2)cc1.O=C(O)CC(O)(CC(=O)O)C(=O)O. The number of benzene rings is 2. The molecular weight excluding hydrogens is 473 g/mol. The molecule has 0 amide bonds. The Morgan fingerprint density at radius 3 is 1.89 bits per heavy atom. The van der Waals surface area contributed by atoms with E-state index in [1.54, 1.807) is 0 Å². The second-order valence-corrected chi connectivity index (χ2v) is 8.59. The minimum absolute atomic E-state index is 0.137. The Kier molecular flexibility index (Phi) is 11.5. The lowest BCUT2D eigenvalue weighted by Gasteiger charge is -2.27. The summed E-state index contributed by atoms with van der Waals surface area (Å²) >= 11 is 0. The molecule has 0 saturated carbocycles. The molecule has 0 bridgehead atoms. The summed E-state index contributed by atoms with van der Waals surface area (Å²) in [6.45, 7) is 4.01. The van der Waals surface area contributed by atoms with E-state index < -0.39 is 36.4 Å². The Morgan fingerprint density at radius 1 is 0.861 bits per heavy atom. The molecule has 1 fully saturated rings. The third-order valence-corrected chi connectivity index (χ3v) is 5.70. The van der Waals surface area contributed by atoms with Crippen molar-refractivity contribution in [2.75, 3.05) is 26.2 Å². The zero-order chi connectivity index (χ0) is 26.6. The quantitative estimate of drug-likeness (QED) is 0.362. The van der Waals surface area contributed by atoms with E-state index >= 15 is 0 Å². The lowest BCUT2D eigenvalue weighted by Crippen LogP contribution is -2.42. The van der Waals surface area contributed by atoms with Gasteiger partial charge in [-0.25, -0.2) is 9.18 Å². The van der Waals surface area contributed by atoms with Crippen LogP contribution in [0, 0.1) is 5.82 Å². The Morgan fingerprint density at radius 2 is 1.39 bits per heavy atom. The first-order valence-electron chi connectivity index (χ1n) is 11.6. The van der Waals surface area contributed by atoms with E-state index in [0.29, 0.717) is 6.61 Å². The molecule has 0 radical (unpaired) electrons. The molecule has 196 valence electrons. The van der Waals surface area contributed by atoms with Crippen molar-refractivity contribution in [3.8, 4) is 0 Å². The number of carboxylic acid groups (broad SMARTS) is 3. The third-order valence-electron chi connectivity index (χ3n) is 5.70. The highest BCUT2D eigenvalue weighted by atomic mass is 19.1. The fourth-order valence-electron chi connectivity index (χ4n) is 3.85. The smallest absolute Gasteiger partial charge is 0.336 e. The molecule has 2 aromatic rings. The first-order valence-corrected chi connectivity index (χ1v) is 11.6. The van der Waals surface area contributed by atoms with Crippen LogP contribution in [0.3, 0.4) is 0 Å². The van der Waals surface area contributed by atoms with Crippen LogP contribution in [0.2, 0.25) is 0 Å². The molecule has 0 aromatic heterocycles. The summed E-state index contributed by atoms with van der Waals surface area (Å²) < 4.78 is 19.4. The number of hydrogen-bond donors (Lipinski definition) is 4. The van der Waals surface area contributed by atoms with Crippen LogP contribution in [0.25, 0.3) is 0 Å². The van der Waals surface area contributed by atoms with E-state index in [0.717, 1.165) is 17.7 Å². The summed E-state index contributed by atoms with van der Waals surface area (Å²) in [5.41, 5.74) is -0.633. The zero-order valence-corrected chi connectivity index (χ0v) is 19.9. The van der Waals surface area contributed by atoms with E-state index in [9.17, 15) is 18.8 Å². The molecule has 4 N–H and O–H groups in total. The molecule has 0 spiro atoms. The molecule has 1 heterocycles. The van der Waals surface area contributed by atoms with Crippen LogP contribution in [0.15, 0.2) is 54.6 Å². The van der Waals surface area contributed by atoms with Crippen LogP contribution < -0.4 is 0 Å². The average molecular weight is 506 g/mol. The van der Waals surface area contributed by atoms with E-state index in [2.05, 4.69) is 17.0 Å². The fourth-order valence-corrected chi connectivity index (χ4v) is 3.85. The molecule has 1 saturated heterocycles. The number of aliphatic hydroxyl groups is 1. The van der Waals surface area contributed by atoms with Crippen LogP contribution in [-0.2, 0) is 19.1 Å². The van der Waals surface area contributed by atoms with E-state index in [1.807, 2.05) is 30.3 Å². The number of carboxylic acids is 3. The second kappa shape index (κ2) is 14.3. The van der Waals surface area contributed by atoms with Gasteiger partial charge in [0, 0.05) is 6.54 Å². The monoisotopic (exact) mass is 505 g/mol. The van der Waals surface area contributed by atoms with Crippen molar-refractivity contribution in [2.24, 2.45) is 0 Å². The maximum atomic E-state index is 13.2. The summed E-state index contributed by atoms with van der Waals surface area (Å²) in [6.07, 6.45) is 1.50. The second-order valence-electron chi connectivity index (χ2n) is 8.59. The summed E-state index contributed by atoms with van der Waals surface area (Å²) in [6, 6.07) is 16.8. The standard InChI is InChI=1S/C20H24FNO.C6H8O7/c21-19-11-9-18(10-12-19)20(17-7-3-1-4-8-17)23-16-15-22-13-5-2-6-14-22;7-3(8)1-6(13,5(11)12)2-4(9)10/h1,3-4,7-12,20H,2,5-6,13-16H2;13H,1-2H2,(H,7,8)(H,9,10)(H,11,12). The van der Waals surface area contributed by atoms with Gasteiger partial charge in [0.05, 0.1) is 19.4 Å². The molecule has 1 atom stereocenters. The normalized spacial score (nSPS) is 14.8. The van der Waals surface area contributed by atoms with Crippen molar-refractivity contribution in [3.63, 3.8) is 0 Å². The van der Waals surface area contributed by atoms with Crippen molar-refractivity contribution in [2.45, 2.75) is 43.8 Å². The number of halogens is 1. The molecule has 9 nitrogen and oxygen atoms in total. The van der Waals surface area contributed by atoms with Gasteiger partial charge in [-0.05, 0) is 49.2 Å². The maximum Gasteiger partial charge on any atom is 0.336 e. The molecule has 1 aliphatic heterocycles. The first kappa shape index (κ1) is 28.9. The van der Waals surface area contributed by atoms with Gasteiger partial charge in [0.2, 0.25) is 0 Å². The van der Waals surface area contributed by atoms with Gasteiger partial charge in [0.15, 0.2) is 5.60 Å². The minimum atomic E-state index is -2.74. The molecule has 2 aromatic carbocycles. The number of aliphatic carboxylic acids is 3. The summed E-state index contributed by atoms with van der Waals surface area (Å²) in [7, 11) is 0. The molecule has 36 heavy (non-hydrogen) atoms. The number of rotatable bonds is 11. The lowest BCUT2D eigenvalue weighted by atomic mass is 9.96. The summed E-state index contributed by atoms with van der Waals surface area (Å²) in [5, 5.41) is 33.8. The Balaban J connectivity index is 0.000000302. The van der Waals surface area contributed by atoms with E-state index in [1.165, 1.54) is 44.5 Å². The largest absolute Gasteiger partial charge is 0.481 e. The van der Waals surface area contributed by atoms with Gasteiger partial charge < -0.3 is 30.1 Å². The summed E-state index contributed by atoms with van der Waals surface area (Å²) in [5.74, 6) is -5.23. The highest BCUT2D eigenvalue weighted by Crippen LogP contribution is 2.26. The third kappa shape index (κ3) is 9.73. The van der Waals surface area contributed by atoms with Gasteiger partial charge in [-0.2, -0.15) is 0 Å². The van der Waals surface area contributed by atoms with E-state index in [4.69, 9.17) is 25.2 Å². The number of hydrogen-bond acceptors (Lipinski definition) is 6. The number of ether oxygens (including phenoxy) is 1. The van der Waals surface area contributed by atoms with Gasteiger partial charge in [-0.1, -0.05) is 48.9 Å². The lowest BCUT2D eigenvalue weighted by molar-refractivity contribution is -0.170. The maximum absolute atomic E-state index is 13.2. The van der Waals surface area contributed by atoms with Crippen LogP contribution in [0.4, 0.5) is 4.39 Å². The molecule has 1 aliphatic rings. The Bertz CT molecular complexity index is 961. The van der Waals surface area contributed by atoms with Crippen molar-refractivity contribution in [3.05, 3.63) is 71.5 Å². The van der Waals surface area contributed by atoms with Gasteiger partial charge in [-0.3, -0.25) is 9.59 Å². The predicted octanol–water partition coefficient (Wildman–Crippen LogP) is 3.17. The topological polar surface area (TPSA) is 145 Å². The van der Waals surface area contributed by atoms with Crippen molar-refractivity contribution >= 4 is 17.9 Å². The zero-order valence-electron chi connectivity index (χ0n) is 19.9. The van der Waals surface area contributed by atoms with Crippen LogP contribution in [0.1, 0.15) is 49.3 Å². The average Bonchev–Trinajstić information content (AvgIpc) is 2.83. The summed E-state index contributed by atoms with van der Waals surface area (Å²) in [4.78, 5) is 33.0. The Hall–Kier alpha value is -3.34. The first-order chi connectivity index (χ1) is 17.1. The highest BCUT2D eigenvalue weighted by molar-refractivity contribution is 5.88. The minimum Gasteiger partial charge on any atom is -0.481 e. The van der Waals surface area contributed by atoms with Gasteiger partial charge in [0.1, 0.15) is 11.9 Å². The number of piperidine rings is 1. The van der Waals surface area contributed by atoms with Gasteiger partial charge >= 0.3 is 17.9 Å². The van der Waals surface area contributed by atoms with Gasteiger partial charge in [0.25, 0.3) is 0 Å². The number of nitrogens with zero attached hydrogens (tertiary/aromatic N) is 1. The highest BCUT2D eigenvalue weighted by Gasteiger charge is 2.40. The molecular formula is C26H32FNO8. The predicted molar refractivity (Wildman–Crippen MR) is 128 cm³/mol. The van der Waals surface area contributed by atoms with Crippen LogP contribution in [-0.4, -0.2) is 75.1 Å². The van der Waals surface area contributed by atoms with Crippen LogP contribution in [0.5, 0.6) is 0 Å². The number of carbonyl (C=O) groups is 3. The van der Waals surface area contributed by atoms with Crippen molar-refractivity contribution in [1.29, 1.82) is 0 Å². The fraction of sp³-hybridized carbons (Fsp3) is 0.423. The van der Waals surface area contributed by atoms with Gasteiger partial charge in [-0.15, -0.1) is 0 Å². The van der Waals surface area contributed by atoms with Crippen LogP contribution >= 0.6 is 0 Å². The molecule has 0 aliphatic carbocycles. The Labute approximate surface area is 208 Å². The van der Waals surface area contributed by atoms with E-state index in [-0.39, 0.29) is 11.9 Å². The van der Waals surface area contributed by atoms with Crippen molar-refractivity contribution in [1.82, 2.24) is 4.90 Å². The van der Waals surface area contributed by atoms with Crippen molar-refractivity contribution < 1.29 is 43.9 Å². The number of likely N-dealkylation sites (tertiary alicyclic amines) is 1. The molecule has 1 unspecified atom stereocenters.